The molecular weight excluding hydrogens is 731 g/mol. The molecule has 0 aliphatic carbocycles. The monoisotopic (exact) mass is 770 g/mol. The van der Waals surface area contributed by atoms with Crippen LogP contribution >= 0.6 is 0 Å². The van der Waals surface area contributed by atoms with Gasteiger partial charge in [-0.1, -0.05) is 70.8 Å². The van der Waals surface area contributed by atoms with Crippen LogP contribution in [0.15, 0.2) is 85.2 Å². The summed E-state index contributed by atoms with van der Waals surface area (Å²) in [5.41, 5.74) is 11.4. The largest absolute Gasteiger partial charge is 0.494 e. The van der Waals surface area contributed by atoms with Gasteiger partial charge in [-0.3, -0.25) is 0 Å². The molecule has 0 unspecified atom stereocenters. The van der Waals surface area contributed by atoms with E-state index < -0.39 is 0 Å². The maximum atomic E-state index is 4.66. The molecule has 0 N–H and O–H groups in total. The number of nitrogens with zero attached hydrogens (tertiary/aromatic N) is 5. The molecule has 6 aromatic rings. The zero-order chi connectivity index (χ0) is 30.8. The van der Waals surface area contributed by atoms with Crippen molar-refractivity contribution in [1.29, 1.82) is 0 Å². The van der Waals surface area contributed by atoms with Gasteiger partial charge in [0.25, 0.3) is 11.4 Å². The van der Waals surface area contributed by atoms with Crippen molar-refractivity contribution in [3.05, 3.63) is 114 Å². The fourth-order valence-electron chi connectivity index (χ4n) is 5.66. The zero-order valence-corrected chi connectivity index (χ0v) is 29.2. The van der Waals surface area contributed by atoms with E-state index >= 15 is 0 Å². The van der Waals surface area contributed by atoms with Crippen LogP contribution in [0.4, 0.5) is 17.1 Å². The van der Waals surface area contributed by atoms with Crippen molar-refractivity contribution < 1.29 is 24.7 Å². The van der Waals surface area contributed by atoms with Crippen LogP contribution in [-0.4, -0.2) is 31.7 Å². The number of aryl methyl sites for hydroxylation is 3. The minimum absolute atomic E-state index is 0. The van der Waals surface area contributed by atoms with Crippen molar-refractivity contribution >= 4 is 45.0 Å². The number of rotatable bonds is 6. The molecule has 229 valence electrons. The van der Waals surface area contributed by atoms with Crippen LogP contribution < -0.4 is 4.58 Å². The second kappa shape index (κ2) is 13.8. The van der Waals surface area contributed by atoms with E-state index in [9.17, 15) is 0 Å². The average Bonchev–Trinajstić information content (AvgIpc) is 3.57. The first-order valence-corrected chi connectivity index (χ1v) is 15.5. The van der Waals surface area contributed by atoms with Gasteiger partial charge >= 0.3 is 6.01 Å². The summed E-state index contributed by atoms with van der Waals surface area (Å²) in [5.74, 6) is 0. The molecular formula is C39H39IrN5. The topological polar surface area (TPSA) is 36.7 Å². The third-order valence-corrected chi connectivity index (χ3v) is 8.22. The molecule has 0 atom stereocenters. The van der Waals surface area contributed by atoms with Gasteiger partial charge in [-0.25, -0.2) is 4.98 Å². The van der Waals surface area contributed by atoms with E-state index in [1.165, 1.54) is 45.1 Å². The summed E-state index contributed by atoms with van der Waals surface area (Å²) in [4.78, 5) is 9.07. The SMILES string of the molecule is CCCC[N+]1=C=[N+](c2[c-]cc3c4cccnc4n(C(C)C)c3c2)c2ccccc21.Cc1c[c-]c(-c2cc(C)c(C)cn2)cc1.[Ir]. The van der Waals surface area contributed by atoms with Crippen molar-refractivity contribution in [1.82, 2.24) is 19.1 Å². The summed E-state index contributed by atoms with van der Waals surface area (Å²) < 4.78 is 6.69. The van der Waals surface area contributed by atoms with Gasteiger partial charge in [0.2, 0.25) is 0 Å². The summed E-state index contributed by atoms with van der Waals surface area (Å²) in [7, 11) is 0. The number of para-hydroxylation sites is 2. The van der Waals surface area contributed by atoms with Gasteiger partial charge in [0, 0.05) is 57.1 Å². The maximum Gasteiger partial charge on any atom is 0.494 e. The Morgan fingerprint density at radius 3 is 2.38 bits per heavy atom. The van der Waals surface area contributed by atoms with E-state index in [1.807, 2.05) is 24.5 Å². The fraction of sp³-hybridized carbons (Fsp3) is 0.256. The number of hydrogen-bond donors (Lipinski definition) is 0. The van der Waals surface area contributed by atoms with Crippen molar-refractivity contribution in [2.45, 2.75) is 60.4 Å². The van der Waals surface area contributed by atoms with Crippen LogP contribution in [0.3, 0.4) is 0 Å². The Kier molecular flexibility index (Phi) is 9.89. The Morgan fingerprint density at radius 2 is 1.67 bits per heavy atom. The van der Waals surface area contributed by atoms with E-state index in [-0.39, 0.29) is 20.1 Å². The van der Waals surface area contributed by atoms with Gasteiger partial charge in [0.05, 0.1) is 0 Å². The molecule has 6 heteroatoms. The zero-order valence-electron chi connectivity index (χ0n) is 26.9. The van der Waals surface area contributed by atoms with Crippen molar-refractivity contribution in [2.24, 2.45) is 0 Å². The number of hydrogen-bond acceptors (Lipinski definition) is 2. The Hall–Kier alpha value is -4.21. The standard InChI is InChI=1S/C25H25N4.C14H14N.Ir/c1-4-5-15-27-17-28(23-11-7-6-10-22(23)27)19-12-13-20-21-9-8-14-26-25(21)29(18(2)3)24(20)16-19;1-10-4-6-13(7-5-10)14-8-11(2)12(3)9-15-14;/h6-11,13-14,16,18H,4-5,15H2,1-3H3;4-6,8-9H,1-3H3;/q+1;-1;. The molecule has 1 aliphatic rings. The minimum atomic E-state index is 0. The predicted molar refractivity (Wildman–Crippen MR) is 182 cm³/mol. The normalized spacial score (nSPS) is 12.0. The van der Waals surface area contributed by atoms with Gasteiger partial charge in [-0.2, -0.15) is 6.07 Å². The number of unbranched alkanes of at least 4 members (excludes halogenated alkanes) is 1. The minimum Gasteiger partial charge on any atom is -0.347 e. The molecule has 7 rings (SSSR count). The third kappa shape index (κ3) is 6.46. The quantitative estimate of drug-likeness (QED) is 0.125. The Labute approximate surface area is 280 Å². The fourth-order valence-corrected chi connectivity index (χ4v) is 5.66. The van der Waals surface area contributed by atoms with Crippen LogP contribution in [0, 0.1) is 32.9 Å². The third-order valence-electron chi connectivity index (χ3n) is 8.22. The van der Waals surface area contributed by atoms with Gasteiger partial charge in [0.15, 0.2) is 6.54 Å². The molecule has 3 aromatic heterocycles. The molecule has 3 aromatic carbocycles. The van der Waals surface area contributed by atoms with E-state index in [2.05, 4.69) is 144 Å². The van der Waals surface area contributed by atoms with Crippen LogP contribution in [0.1, 0.15) is 56.3 Å². The number of fused-ring (bicyclic) bond motifs is 4. The van der Waals surface area contributed by atoms with Crippen LogP contribution in [-0.2, 0) is 20.1 Å². The molecule has 0 bridgehead atoms. The van der Waals surface area contributed by atoms with Gasteiger partial charge < -0.3 is 9.55 Å². The van der Waals surface area contributed by atoms with Crippen LogP contribution in [0.25, 0.3) is 33.2 Å². The van der Waals surface area contributed by atoms with Crippen molar-refractivity contribution in [3.8, 4) is 11.3 Å². The summed E-state index contributed by atoms with van der Waals surface area (Å²) in [6.07, 6.45) is 6.10. The van der Waals surface area contributed by atoms with E-state index in [0.29, 0.717) is 6.04 Å². The molecule has 1 aliphatic heterocycles. The van der Waals surface area contributed by atoms with E-state index in [0.717, 1.165) is 41.2 Å². The first-order chi connectivity index (χ1) is 21.4. The second-order valence-electron chi connectivity index (χ2n) is 11.8. The predicted octanol–water partition coefficient (Wildman–Crippen LogP) is 9.51. The smallest absolute Gasteiger partial charge is 0.347 e. The summed E-state index contributed by atoms with van der Waals surface area (Å²) >= 11 is 0. The molecule has 0 spiro atoms. The Bertz CT molecular complexity index is 2050. The summed E-state index contributed by atoms with van der Waals surface area (Å²) in [6, 6.07) is 35.9. The molecule has 45 heavy (non-hydrogen) atoms. The molecule has 1 radical (unpaired) electrons. The molecule has 0 fully saturated rings. The molecule has 5 nitrogen and oxygen atoms in total. The molecule has 4 heterocycles. The first-order valence-electron chi connectivity index (χ1n) is 15.5. The number of pyridine rings is 2. The summed E-state index contributed by atoms with van der Waals surface area (Å²) in [6.45, 7) is 13.9. The second-order valence-corrected chi connectivity index (χ2v) is 11.8. The van der Waals surface area contributed by atoms with E-state index in [4.69, 9.17) is 0 Å². The Morgan fingerprint density at radius 1 is 0.867 bits per heavy atom. The van der Waals surface area contributed by atoms with Gasteiger partial charge in [-0.15, -0.1) is 46.8 Å². The van der Waals surface area contributed by atoms with E-state index in [1.54, 1.807) is 0 Å². The summed E-state index contributed by atoms with van der Waals surface area (Å²) in [5, 5.41) is 2.37. The number of aromatic nitrogens is 3. The maximum absolute atomic E-state index is 4.66. The van der Waals surface area contributed by atoms with Crippen LogP contribution in [0.2, 0.25) is 0 Å². The Balaban J connectivity index is 0.000000212. The van der Waals surface area contributed by atoms with Crippen molar-refractivity contribution in [3.63, 3.8) is 0 Å². The van der Waals surface area contributed by atoms with Gasteiger partial charge in [-0.05, 0) is 50.4 Å². The number of benzene rings is 3. The van der Waals surface area contributed by atoms with Crippen LogP contribution in [0.5, 0.6) is 0 Å². The van der Waals surface area contributed by atoms with Gasteiger partial charge in [0.1, 0.15) is 11.3 Å². The molecule has 0 saturated heterocycles. The molecule has 0 amide bonds. The first kappa shape index (κ1) is 32.2. The average molecular weight is 770 g/mol. The van der Waals surface area contributed by atoms with Crippen molar-refractivity contribution in [2.75, 3.05) is 6.54 Å². The molecule has 0 saturated carbocycles.